The van der Waals surface area contributed by atoms with E-state index in [1.54, 1.807) is 18.2 Å². The van der Waals surface area contributed by atoms with E-state index in [-0.39, 0.29) is 5.91 Å². The molecule has 1 atom stereocenters. The van der Waals surface area contributed by atoms with E-state index in [9.17, 15) is 13.2 Å². The van der Waals surface area contributed by atoms with E-state index in [0.29, 0.717) is 23.7 Å². The summed E-state index contributed by atoms with van der Waals surface area (Å²) in [5, 5.41) is 3.41. The molecule has 0 aliphatic carbocycles. The van der Waals surface area contributed by atoms with Crippen molar-refractivity contribution in [1.82, 2.24) is 10.2 Å². The number of piperidine rings is 1. The number of benzene rings is 2. The highest BCUT2D eigenvalue weighted by atomic mass is 35.5. The number of carbonyl (C=O) groups excluding carboxylic acids is 1. The summed E-state index contributed by atoms with van der Waals surface area (Å²) in [5.41, 5.74) is 3.41. The molecule has 1 aliphatic rings. The fraction of sp³-hybridized carbons (Fsp3) is 0.480. The van der Waals surface area contributed by atoms with Gasteiger partial charge in [-0.15, -0.1) is 0 Å². The summed E-state index contributed by atoms with van der Waals surface area (Å²) >= 11 is 6.15. The van der Waals surface area contributed by atoms with Crippen LogP contribution >= 0.6 is 11.6 Å². The number of amides is 1. The second kappa shape index (κ2) is 11.4. The average molecular weight is 492 g/mol. The number of nitrogens with one attached hydrogen (secondary N) is 1. The van der Waals surface area contributed by atoms with Gasteiger partial charge in [0.1, 0.15) is 6.04 Å². The molecule has 1 aliphatic heterocycles. The Balaban J connectivity index is 1.78. The van der Waals surface area contributed by atoms with Crippen molar-refractivity contribution in [2.24, 2.45) is 0 Å². The number of anilines is 1. The summed E-state index contributed by atoms with van der Waals surface area (Å²) in [4.78, 5) is 15.7. The molecule has 6 nitrogen and oxygen atoms in total. The van der Waals surface area contributed by atoms with E-state index in [2.05, 4.69) is 16.3 Å². The van der Waals surface area contributed by atoms with Crippen LogP contribution in [0.5, 0.6) is 0 Å². The normalized spacial score (nSPS) is 15.8. The van der Waals surface area contributed by atoms with Gasteiger partial charge in [-0.2, -0.15) is 0 Å². The van der Waals surface area contributed by atoms with Gasteiger partial charge in [0.25, 0.3) is 0 Å². The van der Waals surface area contributed by atoms with Crippen LogP contribution in [0.15, 0.2) is 42.5 Å². The zero-order chi connectivity index (χ0) is 24.0. The van der Waals surface area contributed by atoms with Crippen LogP contribution in [0.25, 0.3) is 0 Å². The van der Waals surface area contributed by atoms with Crippen LogP contribution < -0.4 is 9.62 Å². The Bertz CT molecular complexity index is 1070. The molecule has 1 amide bonds. The monoisotopic (exact) mass is 491 g/mol. The second-order valence-corrected chi connectivity index (χ2v) is 11.0. The highest BCUT2D eigenvalue weighted by Gasteiger charge is 2.32. The predicted molar refractivity (Wildman–Crippen MR) is 135 cm³/mol. The van der Waals surface area contributed by atoms with Gasteiger partial charge in [0, 0.05) is 18.1 Å². The van der Waals surface area contributed by atoms with Crippen molar-refractivity contribution in [2.75, 3.05) is 23.7 Å². The molecule has 2 aromatic carbocycles. The second-order valence-electron chi connectivity index (χ2n) is 8.74. The van der Waals surface area contributed by atoms with Gasteiger partial charge >= 0.3 is 0 Å². The van der Waals surface area contributed by atoms with Crippen LogP contribution in [-0.4, -0.2) is 44.6 Å². The minimum absolute atomic E-state index is 0.324. The van der Waals surface area contributed by atoms with Crippen molar-refractivity contribution >= 4 is 33.2 Å². The lowest BCUT2D eigenvalue weighted by Gasteiger charge is -2.31. The molecule has 0 unspecified atom stereocenters. The molecule has 0 saturated carbocycles. The van der Waals surface area contributed by atoms with Crippen LogP contribution in [0.4, 0.5) is 5.69 Å². The first kappa shape index (κ1) is 25.5. The summed E-state index contributed by atoms with van der Waals surface area (Å²) in [7, 11) is -3.72. The fourth-order valence-corrected chi connectivity index (χ4v) is 5.83. The molecule has 8 heteroatoms. The van der Waals surface area contributed by atoms with Crippen molar-refractivity contribution in [3.05, 3.63) is 64.2 Å². The van der Waals surface area contributed by atoms with E-state index in [1.807, 2.05) is 32.0 Å². The maximum absolute atomic E-state index is 13.2. The molecule has 2 aromatic rings. The molecule has 1 N–H and O–H groups in total. The first-order valence-corrected chi connectivity index (χ1v) is 13.8. The summed E-state index contributed by atoms with van der Waals surface area (Å²) < 4.78 is 26.7. The average Bonchev–Trinajstić information content (AvgIpc) is 2.78. The molecule has 0 aromatic heterocycles. The number of hydrogen-bond donors (Lipinski definition) is 1. The zero-order valence-electron chi connectivity index (χ0n) is 19.7. The van der Waals surface area contributed by atoms with Crippen LogP contribution in [0, 0.1) is 6.92 Å². The van der Waals surface area contributed by atoms with Crippen molar-refractivity contribution < 1.29 is 13.2 Å². The van der Waals surface area contributed by atoms with Gasteiger partial charge in [-0.05, 0) is 68.1 Å². The standard InChI is InChI=1S/C25H34ClN3O3S/c1-4-23(29(33(3,31)32)24-16-22(26)13-12-19(24)2)25(30)27-17-20-10-6-7-11-21(20)18-28-14-8-5-9-15-28/h6-7,10-13,16,23H,4-5,8-9,14-15,17-18H2,1-3H3,(H,27,30)/t23-/m0/s1. The van der Waals surface area contributed by atoms with Crippen molar-refractivity contribution in [2.45, 2.75) is 58.7 Å². The number of hydrogen-bond acceptors (Lipinski definition) is 4. The highest BCUT2D eigenvalue weighted by molar-refractivity contribution is 7.92. The van der Waals surface area contributed by atoms with E-state index in [1.165, 1.54) is 29.1 Å². The van der Waals surface area contributed by atoms with Crippen LogP contribution in [0.1, 0.15) is 49.3 Å². The number of carbonyl (C=O) groups is 1. The maximum atomic E-state index is 13.2. The third kappa shape index (κ3) is 6.71. The van der Waals surface area contributed by atoms with Crippen molar-refractivity contribution in [1.29, 1.82) is 0 Å². The number of rotatable bonds is 9. The molecule has 0 radical (unpaired) electrons. The zero-order valence-corrected chi connectivity index (χ0v) is 21.3. The molecule has 1 heterocycles. The van der Waals surface area contributed by atoms with Gasteiger partial charge in [0.2, 0.25) is 15.9 Å². The van der Waals surface area contributed by atoms with Gasteiger partial charge in [-0.1, -0.05) is 55.3 Å². The lowest BCUT2D eigenvalue weighted by atomic mass is 10.0. The Hall–Kier alpha value is -2.09. The number of halogens is 1. The minimum atomic E-state index is -3.72. The lowest BCUT2D eigenvalue weighted by Crippen LogP contribution is -2.49. The van der Waals surface area contributed by atoms with Crippen LogP contribution in [0.3, 0.4) is 0 Å². The predicted octanol–water partition coefficient (Wildman–Crippen LogP) is 4.50. The Morgan fingerprint density at radius 1 is 1.12 bits per heavy atom. The number of sulfonamides is 1. The first-order valence-electron chi connectivity index (χ1n) is 11.5. The summed E-state index contributed by atoms with van der Waals surface area (Å²) in [6, 6.07) is 12.3. The van der Waals surface area contributed by atoms with E-state index < -0.39 is 16.1 Å². The minimum Gasteiger partial charge on any atom is -0.350 e. The van der Waals surface area contributed by atoms with Crippen molar-refractivity contribution in [3.8, 4) is 0 Å². The molecule has 1 fully saturated rings. The van der Waals surface area contributed by atoms with Gasteiger partial charge in [-0.25, -0.2) is 8.42 Å². The smallest absolute Gasteiger partial charge is 0.244 e. The first-order chi connectivity index (χ1) is 15.7. The molecule has 1 saturated heterocycles. The van der Waals surface area contributed by atoms with Gasteiger partial charge in [0.05, 0.1) is 11.9 Å². The SMILES string of the molecule is CC[C@@H](C(=O)NCc1ccccc1CN1CCCCC1)N(c1cc(Cl)ccc1C)S(C)(=O)=O. The lowest BCUT2D eigenvalue weighted by molar-refractivity contribution is -0.122. The molecule has 33 heavy (non-hydrogen) atoms. The molecule has 0 bridgehead atoms. The maximum Gasteiger partial charge on any atom is 0.244 e. The quantitative estimate of drug-likeness (QED) is 0.561. The van der Waals surface area contributed by atoms with E-state index >= 15 is 0 Å². The summed E-state index contributed by atoms with van der Waals surface area (Å²) in [5.74, 6) is -0.324. The Morgan fingerprint density at radius 2 is 1.79 bits per heavy atom. The molecule has 180 valence electrons. The summed E-state index contributed by atoms with van der Waals surface area (Å²) in [6.45, 7) is 7.03. The third-order valence-corrected chi connectivity index (χ3v) is 7.55. The highest BCUT2D eigenvalue weighted by Crippen LogP contribution is 2.29. The Labute approximate surface area is 203 Å². The molecular weight excluding hydrogens is 458 g/mol. The van der Waals surface area contributed by atoms with E-state index in [4.69, 9.17) is 11.6 Å². The van der Waals surface area contributed by atoms with Gasteiger partial charge in [-0.3, -0.25) is 14.0 Å². The number of likely N-dealkylation sites (tertiary alicyclic amines) is 1. The molecule has 3 rings (SSSR count). The van der Waals surface area contributed by atoms with Gasteiger partial charge < -0.3 is 5.32 Å². The fourth-order valence-electron chi connectivity index (χ4n) is 4.40. The van der Waals surface area contributed by atoms with Crippen LogP contribution in [-0.2, 0) is 27.9 Å². The third-order valence-electron chi connectivity index (χ3n) is 6.15. The van der Waals surface area contributed by atoms with Crippen molar-refractivity contribution in [3.63, 3.8) is 0 Å². The topological polar surface area (TPSA) is 69.7 Å². The number of aryl methyl sites for hydroxylation is 1. The van der Waals surface area contributed by atoms with Crippen LogP contribution in [0.2, 0.25) is 5.02 Å². The largest absolute Gasteiger partial charge is 0.350 e. The van der Waals surface area contributed by atoms with E-state index in [0.717, 1.165) is 37.0 Å². The Morgan fingerprint density at radius 3 is 2.42 bits per heavy atom. The number of nitrogens with zero attached hydrogens (tertiary/aromatic N) is 2. The molecule has 0 spiro atoms. The Kier molecular flexibility index (Phi) is 8.79. The van der Waals surface area contributed by atoms with Gasteiger partial charge in [0.15, 0.2) is 0 Å². The molecular formula is C25H34ClN3O3S. The summed E-state index contributed by atoms with van der Waals surface area (Å²) in [6.07, 6.45) is 5.19.